The molecule has 0 aliphatic carbocycles. The van der Waals surface area contributed by atoms with E-state index in [0.717, 1.165) is 54.7 Å². The number of morpholine rings is 1. The van der Waals surface area contributed by atoms with Gasteiger partial charge in [-0.1, -0.05) is 31.2 Å². The maximum Gasteiger partial charge on any atom is 0.231 e. The lowest BCUT2D eigenvalue weighted by Crippen LogP contribution is -2.36. The van der Waals surface area contributed by atoms with Gasteiger partial charge in [0, 0.05) is 24.0 Å². The Hall–Kier alpha value is -2.77. The van der Waals surface area contributed by atoms with E-state index in [9.17, 15) is 4.79 Å². The molecule has 0 atom stereocenters. The number of nitrogens with zero attached hydrogens (tertiary/aromatic N) is 3. The molecule has 6 nitrogen and oxygen atoms in total. The highest BCUT2D eigenvalue weighted by molar-refractivity contribution is 7.13. The summed E-state index contributed by atoms with van der Waals surface area (Å²) in [5, 5.41) is 5.73. The molecule has 1 amide bonds. The number of aryl methyl sites for hydroxylation is 1. The van der Waals surface area contributed by atoms with Crippen LogP contribution in [0.2, 0.25) is 0 Å². The average molecular weight is 409 g/mol. The fourth-order valence-electron chi connectivity index (χ4n) is 3.22. The fourth-order valence-corrected chi connectivity index (χ4v) is 4.05. The van der Waals surface area contributed by atoms with E-state index in [0.29, 0.717) is 5.82 Å². The highest BCUT2D eigenvalue weighted by Crippen LogP contribution is 2.24. The van der Waals surface area contributed by atoms with Gasteiger partial charge in [0.05, 0.1) is 37.2 Å². The van der Waals surface area contributed by atoms with Gasteiger partial charge in [0.15, 0.2) is 0 Å². The third-order valence-corrected chi connectivity index (χ3v) is 5.83. The maximum atomic E-state index is 12.4. The highest BCUT2D eigenvalue weighted by Gasteiger charge is 2.13. The van der Waals surface area contributed by atoms with Crippen molar-refractivity contribution in [2.45, 2.75) is 19.8 Å². The van der Waals surface area contributed by atoms with Crippen molar-refractivity contribution in [1.29, 1.82) is 0 Å². The molecule has 0 saturated carbocycles. The maximum absolute atomic E-state index is 12.4. The molecule has 2 aromatic heterocycles. The summed E-state index contributed by atoms with van der Waals surface area (Å²) in [5.74, 6) is 0.437. The van der Waals surface area contributed by atoms with Crippen LogP contribution in [0, 0.1) is 0 Å². The van der Waals surface area contributed by atoms with E-state index in [-0.39, 0.29) is 12.3 Å². The molecule has 0 radical (unpaired) electrons. The number of anilines is 2. The topological polar surface area (TPSA) is 67.4 Å². The number of rotatable bonds is 6. The number of nitrogens with one attached hydrogen (secondary N) is 1. The molecule has 1 aliphatic heterocycles. The first-order valence-corrected chi connectivity index (χ1v) is 10.7. The lowest BCUT2D eigenvalue weighted by atomic mass is 10.1. The molecule has 1 aliphatic rings. The van der Waals surface area contributed by atoms with Crippen LogP contribution in [0.25, 0.3) is 10.6 Å². The van der Waals surface area contributed by atoms with E-state index in [1.165, 1.54) is 5.56 Å². The summed E-state index contributed by atoms with van der Waals surface area (Å²) < 4.78 is 5.37. The number of aromatic nitrogens is 2. The van der Waals surface area contributed by atoms with E-state index in [1.54, 1.807) is 17.5 Å². The predicted octanol–water partition coefficient (Wildman–Crippen LogP) is 3.79. The smallest absolute Gasteiger partial charge is 0.231 e. The Morgan fingerprint density at radius 1 is 1.17 bits per heavy atom. The van der Waals surface area contributed by atoms with Gasteiger partial charge in [-0.05, 0) is 24.1 Å². The predicted molar refractivity (Wildman–Crippen MR) is 117 cm³/mol. The third-order valence-electron chi connectivity index (χ3n) is 4.89. The molecular weight excluding hydrogens is 384 g/mol. The average Bonchev–Trinajstić information content (AvgIpc) is 3.23. The molecule has 3 aromatic rings. The zero-order valence-corrected chi connectivity index (χ0v) is 17.2. The monoisotopic (exact) mass is 408 g/mol. The quantitative estimate of drug-likeness (QED) is 0.672. The van der Waals surface area contributed by atoms with E-state index in [2.05, 4.69) is 51.4 Å². The SMILES string of the molecule is CCc1ccc(-c2nc(CC(=O)Nc3ccc(N4CCOCC4)cn3)cs2)cc1. The van der Waals surface area contributed by atoms with E-state index < -0.39 is 0 Å². The van der Waals surface area contributed by atoms with Crippen LogP contribution in [0.1, 0.15) is 18.2 Å². The zero-order valence-electron chi connectivity index (χ0n) is 16.4. The van der Waals surface area contributed by atoms with Crippen LogP contribution >= 0.6 is 11.3 Å². The molecule has 0 unspecified atom stereocenters. The van der Waals surface area contributed by atoms with Crippen LogP contribution in [-0.2, 0) is 22.4 Å². The van der Waals surface area contributed by atoms with Crippen LogP contribution in [0.5, 0.6) is 0 Å². The van der Waals surface area contributed by atoms with E-state index >= 15 is 0 Å². The number of amides is 1. The minimum absolute atomic E-state index is 0.116. The standard InChI is InChI=1S/C22H24N4O2S/c1-2-16-3-5-17(6-4-16)22-24-18(15-29-22)13-21(27)25-20-8-7-19(14-23-20)26-9-11-28-12-10-26/h3-8,14-15H,2,9-13H2,1H3,(H,23,25,27). The Kier molecular flexibility index (Phi) is 6.17. The van der Waals surface area contributed by atoms with Crippen molar-refractivity contribution in [3.8, 4) is 10.6 Å². The number of carbonyl (C=O) groups excluding carboxylic acids is 1. The van der Waals surface area contributed by atoms with Gasteiger partial charge in [-0.2, -0.15) is 0 Å². The molecule has 3 heterocycles. The minimum Gasteiger partial charge on any atom is -0.378 e. The second-order valence-electron chi connectivity index (χ2n) is 6.92. The number of pyridine rings is 1. The number of hydrogen-bond donors (Lipinski definition) is 1. The van der Waals surface area contributed by atoms with E-state index in [4.69, 9.17) is 4.74 Å². The number of carbonyl (C=O) groups is 1. The van der Waals surface area contributed by atoms with Crippen molar-refractivity contribution in [2.24, 2.45) is 0 Å². The number of ether oxygens (including phenoxy) is 1. The van der Waals surface area contributed by atoms with Gasteiger partial charge in [0.25, 0.3) is 0 Å². The number of hydrogen-bond acceptors (Lipinski definition) is 6. The summed E-state index contributed by atoms with van der Waals surface area (Å²) in [6.07, 6.45) is 3.04. The molecule has 0 spiro atoms. The summed E-state index contributed by atoms with van der Waals surface area (Å²) in [4.78, 5) is 23.6. The summed E-state index contributed by atoms with van der Waals surface area (Å²) in [6, 6.07) is 12.2. The molecule has 150 valence electrons. The van der Waals surface area contributed by atoms with Gasteiger partial charge in [0.2, 0.25) is 5.91 Å². The van der Waals surface area contributed by atoms with Crippen molar-refractivity contribution in [3.63, 3.8) is 0 Å². The van der Waals surface area contributed by atoms with Crippen LogP contribution in [-0.4, -0.2) is 42.2 Å². The van der Waals surface area contributed by atoms with Crippen molar-refractivity contribution in [2.75, 3.05) is 36.5 Å². The Morgan fingerprint density at radius 3 is 2.66 bits per heavy atom. The minimum atomic E-state index is -0.116. The number of thiazole rings is 1. The largest absolute Gasteiger partial charge is 0.378 e. The second kappa shape index (κ2) is 9.15. The molecule has 1 fully saturated rings. The normalized spacial score (nSPS) is 14.0. The van der Waals surface area contributed by atoms with E-state index in [1.807, 2.05) is 17.5 Å². The first-order valence-electron chi connectivity index (χ1n) is 9.83. The van der Waals surface area contributed by atoms with Crippen LogP contribution < -0.4 is 10.2 Å². The van der Waals surface area contributed by atoms with Crippen molar-refractivity contribution in [3.05, 3.63) is 59.2 Å². The molecule has 29 heavy (non-hydrogen) atoms. The van der Waals surface area contributed by atoms with Crippen molar-refractivity contribution < 1.29 is 9.53 Å². The Labute approximate surface area is 174 Å². The van der Waals surface area contributed by atoms with Crippen molar-refractivity contribution in [1.82, 2.24) is 9.97 Å². The van der Waals surface area contributed by atoms with Crippen LogP contribution in [0.4, 0.5) is 11.5 Å². The molecular formula is C22H24N4O2S. The first-order chi connectivity index (χ1) is 14.2. The highest BCUT2D eigenvalue weighted by atomic mass is 32.1. The molecule has 1 N–H and O–H groups in total. The second-order valence-corrected chi connectivity index (χ2v) is 7.78. The van der Waals surface area contributed by atoms with Crippen LogP contribution in [0.15, 0.2) is 48.0 Å². The van der Waals surface area contributed by atoms with Crippen LogP contribution in [0.3, 0.4) is 0 Å². The molecule has 1 aromatic carbocycles. The Morgan fingerprint density at radius 2 is 1.97 bits per heavy atom. The Bertz CT molecular complexity index is 948. The molecule has 7 heteroatoms. The summed E-state index contributed by atoms with van der Waals surface area (Å²) >= 11 is 1.56. The summed E-state index contributed by atoms with van der Waals surface area (Å²) in [6.45, 7) is 5.33. The van der Waals surface area contributed by atoms with Gasteiger partial charge in [-0.25, -0.2) is 9.97 Å². The molecule has 4 rings (SSSR count). The molecule has 0 bridgehead atoms. The fraction of sp³-hybridized carbons (Fsp3) is 0.318. The summed E-state index contributed by atoms with van der Waals surface area (Å²) in [7, 11) is 0. The van der Waals surface area contributed by atoms with Gasteiger partial charge < -0.3 is 15.0 Å². The van der Waals surface area contributed by atoms with Gasteiger partial charge in [-0.15, -0.1) is 11.3 Å². The van der Waals surface area contributed by atoms with Gasteiger partial charge in [0.1, 0.15) is 10.8 Å². The number of benzene rings is 1. The Balaban J connectivity index is 1.34. The molecule has 1 saturated heterocycles. The zero-order chi connectivity index (χ0) is 20.1. The first kappa shape index (κ1) is 19.5. The summed E-state index contributed by atoms with van der Waals surface area (Å²) in [5.41, 5.74) is 4.20. The third kappa shape index (κ3) is 4.99. The van der Waals surface area contributed by atoms with Gasteiger partial charge >= 0.3 is 0 Å². The lowest BCUT2D eigenvalue weighted by molar-refractivity contribution is -0.115. The lowest BCUT2D eigenvalue weighted by Gasteiger charge is -2.28. The van der Waals surface area contributed by atoms with Gasteiger partial charge in [-0.3, -0.25) is 4.79 Å². The van der Waals surface area contributed by atoms with Crippen molar-refractivity contribution >= 4 is 28.7 Å².